The van der Waals surface area contributed by atoms with Crippen LogP contribution in [0.3, 0.4) is 0 Å². The maximum atomic E-state index is 5.98. The molecule has 0 aromatic carbocycles. The Morgan fingerprint density at radius 1 is 1.30 bits per heavy atom. The standard InChI is InChI=1S/C11H9ClN6OS/c1-19-3-7-17-6(12)2-8(18-7)20-11-9-10(14-4-13-9)15-5-16-11/h2,4-5H,3H2,1H3,(H,13,14,15,16). The number of methoxy groups -OCH3 is 1. The summed E-state index contributed by atoms with van der Waals surface area (Å²) in [6.07, 6.45) is 3.04. The van der Waals surface area contributed by atoms with E-state index in [2.05, 4.69) is 29.9 Å². The Morgan fingerprint density at radius 2 is 2.20 bits per heavy atom. The normalized spacial score (nSPS) is 11.1. The quantitative estimate of drug-likeness (QED) is 0.738. The average Bonchev–Trinajstić information content (AvgIpc) is 2.88. The number of hydrogen-bond acceptors (Lipinski definition) is 7. The van der Waals surface area contributed by atoms with Gasteiger partial charge >= 0.3 is 0 Å². The molecule has 102 valence electrons. The van der Waals surface area contributed by atoms with Gasteiger partial charge in [0.2, 0.25) is 0 Å². The monoisotopic (exact) mass is 308 g/mol. The van der Waals surface area contributed by atoms with E-state index in [-0.39, 0.29) is 0 Å². The second-order valence-electron chi connectivity index (χ2n) is 3.76. The number of nitrogens with zero attached hydrogens (tertiary/aromatic N) is 5. The van der Waals surface area contributed by atoms with Crippen molar-refractivity contribution in [3.8, 4) is 0 Å². The minimum atomic E-state index is 0.303. The van der Waals surface area contributed by atoms with Gasteiger partial charge in [0.05, 0.1) is 6.33 Å². The van der Waals surface area contributed by atoms with Gasteiger partial charge in [-0.15, -0.1) is 0 Å². The Kier molecular flexibility index (Phi) is 3.77. The third-order valence-corrected chi connectivity index (χ3v) is 3.50. The molecule has 0 spiro atoms. The number of halogens is 1. The van der Waals surface area contributed by atoms with Gasteiger partial charge in [-0.25, -0.2) is 24.9 Å². The van der Waals surface area contributed by atoms with Gasteiger partial charge in [-0.2, -0.15) is 0 Å². The topological polar surface area (TPSA) is 89.5 Å². The lowest BCUT2D eigenvalue weighted by Gasteiger charge is -2.04. The van der Waals surface area contributed by atoms with Crippen molar-refractivity contribution in [3.05, 3.63) is 29.7 Å². The molecule has 0 saturated carbocycles. The number of aromatic nitrogens is 6. The molecule has 0 radical (unpaired) electrons. The molecule has 3 rings (SSSR count). The highest BCUT2D eigenvalue weighted by molar-refractivity contribution is 7.99. The SMILES string of the molecule is COCc1nc(Cl)cc(Sc2ncnc3nc[nH]c23)n1. The molecule has 3 aromatic rings. The molecule has 0 atom stereocenters. The minimum absolute atomic E-state index is 0.303. The zero-order chi connectivity index (χ0) is 13.9. The summed E-state index contributed by atoms with van der Waals surface area (Å²) in [6, 6.07) is 1.68. The van der Waals surface area contributed by atoms with Crippen LogP contribution in [-0.2, 0) is 11.3 Å². The maximum Gasteiger partial charge on any atom is 0.181 e. The maximum absolute atomic E-state index is 5.98. The minimum Gasteiger partial charge on any atom is -0.377 e. The lowest BCUT2D eigenvalue weighted by Crippen LogP contribution is -1.98. The lowest BCUT2D eigenvalue weighted by atomic mass is 10.6. The molecule has 0 amide bonds. The number of aromatic amines is 1. The van der Waals surface area contributed by atoms with E-state index < -0.39 is 0 Å². The summed E-state index contributed by atoms with van der Waals surface area (Å²) in [4.78, 5) is 23.8. The Balaban J connectivity index is 1.96. The molecule has 0 aliphatic heterocycles. The third kappa shape index (κ3) is 2.72. The van der Waals surface area contributed by atoms with Crippen LogP contribution in [-0.4, -0.2) is 37.0 Å². The fourth-order valence-electron chi connectivity index (χ4n) is 1.61. The first-order valence-corrected chi connectivity index (χ1v) is 6.80. The van der Waals surface area contributed by atoms with E-state index in [9.17, 15) is 0 Å². The number of H-pyrrole nitrogens is 1. The Morgan fingerprint density at radius 3 is 3.05 bits per heavy atom. The number of nitrogens with one attached hydrogen (secondary N) is 1. The molecule has 3 heterocycles. The summed E-state index contributed by atoms with van der Waals surface area (Å²) in [5.41, 5.74) is 1.38. The van der Waals surface area contributed by atoms with Gasteiger partial charge in [0.15, 0.2) is 11.5 Å². The van der Waals surface area contributed by atoms with Crippen LogP contribution in [0.1, 0.15) is 5.82 Å². The van der Waals surface area contributed by atoms with Crippen molar-refractivity contribution < 1.29 is 4.74 Å². The van der Waals surface area contributed by atoms with E-state index in [1.807, 2.05) is 0 Å². The van der Waals surface area contributed by atoms with Crippen molar-refractivity contribution in [1.29, 1.82) is 0 Å². The van der Waals surface area contributed by atoms with Crippen LogP contribution in [0.4, 0.5) is 0 Å². The fourth-order valence-corrected chi connectivity index (χ4v) is 2.74. The number of rotatable bonds is 4. The number of imidazole rings is 1. The second-order valence-corrected chi connectivity index (χ2v) is 5.16. The molecule has 0 fully saturated rings. The van der Waals surface area contributed by atoms with Gasteiger partial charge in [-0.3, -0.25) is 0 Å². The fraction of sp³-hybridized carbons (Fsp3) is 0.182. The highest BCUT2D eigenvalue weighted by Gasteiger charge is 2.10. The first-order chi connectivity index (χ1) is 9.76. The molecule has 3 aromatic heterocycles. The van der Waals surface area contributed by atoms with E-state index >= 15 is 0 Å². The van der Waals surface area contributed by atoms with Gasteiger partial charge in [-0.1, -0.05) is 11.6 Å². The van der Waals surface area contributed by atoms with Crippen LogP contribution in [0.2, 0.25) is 5.15 Å². The molecule has 20 heavy (non-hydrogen) atoms. The van der Waals surface area contributed by atoms with Crippen molar-refractivity contribution in [2.75, 3.05) is 7.11 Å². The summed E-state index contributed by atoms with van der Waals surface area (Å²) >= 11 is 7.34. The van der Waals surface area contributed by atoms with Crippen LogP contribution in [0, 0.1) is 0 Å². The van der Waals surface area contributed by atoms with E-state index in [0.717, 1.165) is 10.5 Å². The molecule has 0 unspecified atom stereocenters. The molecule has 0 bridgehead atoms. The molecule has 9 heteroatoms. The molecule has 0 saturated heterocycles. The van der Waals surface area contributed by atoms with E-state index in [1.165, 1.54) is 18.1 Å². The summed E-state index contributed by atoms with van der Waals surface area (Å²) in [5.74, 6) is 0.525. The summed E-state index contributed by atoms with van der Waals surface area (Å²) in [6.45, 7) is 0.303. The highest BCUT2D eigenvalue weighted by atomic mass is 35.5. The van der Waals surface area contributed by atoms with Gasteiger partial charge in [0, 0.05) is 13.2 Å². The van der Waals surface area contributed by atoms with Crippen LogP contribution in [0.25, 0.3) is 11.2 Å². The van der Waals surface area contributed by atoms with Crippen molar-refractivity contribution in [1.82, 2.24) is 29.9 Å². The van der Waals surface area contributed by atoms with Crippen LogP contribution in [0.15, 0.2) is 28.8 Å². The van der Waals surface area contributed by atoms with Crippen LogP contribution >= 0.6 is 23.4 Å². The second kappa shape index (κ2) is 5.70. The highest BCUT2D eigenvalue weighted by Crippen LogP contribution is 2.29. The van der Waals surface area contributed by atoms with Gasteiger partial charge in [-0.05, 0) is 11.8 Å². The summed E-state index contributed by atoms with van der Waals surface area (Å²) in [7, 11) is 1.58. The van der Waals surface area contributed by atoms with Gasteiger partial charge < -0.3 is 9.72 Å². The van der Waals surface area contributed by atoms with E-state index in [1.54, 1.807) is 19.5 Å². The molecular formula is C11H9ClN6OS. The zero-order valence-corrected chi connectivity index (χ0v) is 11.9. The van der Waals surface area contributed by atoms with Crippen LogP contribution < -0.4 is 0 Å². The average molecular weight is 309 g/mol. The number of hydrogen-bond donors (Lipinski definition) is 1. The smallest absolute Gasteiger partial charge is 0.181 e. The number of ether oxygens (including phenoxy) is 1. The molecular weight excluding hydrogens is 300 g/mol. The van der Waals surface area contributed by atoms with Crippen molar-refractivity contribution >= 4 is 34.5 Å². The Bertz CT molecular complexity index is 749. The lowest BCUT2D eigenvalue weighted by molar-refractivity contribution is 0.177. The van der Waals surface area contributed by atoms with E-state index in [0.29, 0.717) is 28.3 Å². The Hall–Kier alpha value is -1.77. The predicted molar refractivity (Wildman–Crippen MR) is 73.6 cm³/mol. The predicted octanol–water partition coefficient (Wildman–Crippen LogP) is 2.09. The zero-order valence-electron chi connectivity index (χ0n) is 10.4. The first-order valence-electron chi connectivity index (χ1n) is 5.60. The third-order valence-electron chi connectivity index (χ3n) is 2.38. The summed E-state index contributed by atoms with van der Waals surface area (Å²) in [5, 5.41) is 1.78. The first kappa shape index (κ1) is 13.2. The van der Waals surface area contributed by atoms with E-state index in [4.69, 9.17) is 16.3 Å². The molecule has 0 aliphatic carbocycles. The van der Waals surface area contributed by atoms with Crippen LogP contribution in [0.5, 0.6) is 0 Å². The molecule has 1 N–H and O–H groups in total. The molecule has 0 aliphatic rings. The van der Waals surface area contributed by atoms with Crippen molar-refractivity contribution in [2.24, 2.45) is 0 Å². The van der Waals surface area contributed by atoms with Crippen molar-refractivity contribution in [3.63, 3.8) is 0 Å². The molecule has 7 nitrogen and oxygen atoms in total. The summed E-state index contributed by atoms with van der Waals surface area (Å²) < 4.78 is 5.01. The largest absolute Gasteiger partial charge is 0.377 e. The van der Waals surface area contributed by atoms with Gasteiger partial charge in [0.25, 0.3) is 0 Å². The number of fused-ring (bicyclic) bond motifs is 1. The Labute approximate surface area is 123 Å². The van der Waals surface area contributed by atoms with Gasteiger partial charge in [0.1, 0.15) is 33.7 Å². The van der Waals surface area contributed by atoms with Crippen molar-refractivity contribution in [2.45, 2.75) is 16.7 Å².